The van der Waals surface area contributed by atoms with Crippen molar-refractivity contribution in [2.45, 2.75) is 279 Å². The maximum absolute atomic E-state index is 13.7. The molecule has 0 radical (unpaired) electrons. The minimum atomic E-state index is -2.61. The maximum Gasteiger partial charge on any atom is 0.249 e. The molecule has 18 heteroatoms. The van der Waals surface area contributed by atoms with Gasteiger partial charge in [-0.1, -0.05) is 243 Å². The van der Waals surface area contributed by atoms with Gasteiger partial charge in [-0.15, -0.1) is 0 Å². The normalized spacial score (nSPS) is 25.7. The van der Waals surface area contributed by atoms with Crippen LogP contribution in [0.4, 0.5) is 8.78 Å². The summed E-state index contributed by atoms with van der Waals surface area (Å²) in [5.74, 6) is -1.53. The average molecular weight is 1700 g/mol. The number of aromatic nitrogens is 10. The highest BCUT2D eigenvalue weighted by molar-refractivity contribution is 6.05. The number of aromatic amines is 5. The Bertz CT molecular complexity index is 6200. The lowest BCUT2D eigenvalue weighted by Gasteiger charge is -2.45. The third-order valence-corrected chi connectivity index (χ3v) is 30.2. The maximum atomic E-state index is 13.7. The number of Topliss-reactive ketones (excluding diaryl/α,β-unsaturated/α-hetero) is 5. The minimum Gasteiger partial charge on any atom is -0.294 e. The zero-order valence-electron chi connectivity index (χ0n) is 77.0. The lowest BCUT2D eigenvalue weighted by molar-refractivity contribution is -0.119. The zero-order valence-corrected chi connectivity index (χ0v) is 77.0. The van der Waals surface area contributed by atoms with Crippen LogP contribution in [-0.2, 0) is 83.2 Å². The summed E-state index contributed by atoms with van der Waals surface area (Å²) in [6.07, 6.45) is 20.6. The summed E-state index contributed by atoms with van der Waals surface area (Å²) in [7, 11) is 0. The molecule has 11 aliphatic carbocycles. The van der Waals surface area contributed by atoms with Gasteiger partial charge in [-0.25, -0.2) is 8.78 Å². The third-order valence-electron chi connectivity index (χ3n) is 30.2. The number of ketones is 5. The number of carbonyl (C=O) groups is 5. The Morgan fingerprint density at radius 2 is 0.669 bits per heavy atom. The van der Waals surface area contributed by atoms with Crippen LogP contribution in [0.2, 0.25) is 0 Å². The fraction of sp³-hybridized carbons (Fsp3) is 0.440. The molecule has 0 bridgehead atoms. The number of nitrogens with one attached hydrogen (secondary N) is 5. The van der Waals surface area contributed by atoms with Crippen LogP contribution in [0.15, 0.2) is 214 Å². The first-order valence-corrected chi connectivity index (χ1v) is 45.7. The summed E-state index contributed by atoms with van der Waals surface area (Å²) in [6, 6.07) is 47.6. The van der Waals surface area contributed by atoms with Crippen LogP contribution in [-0.4, -0.2) is 85.8 Å². The van der Waals surface area contributed by atoms with E-state index in [0.29, 0.717) is 61.4 Å². The van der Waals surface area contributed by atoms with Gasteiger partial charge in [0, 0.05) is 183 Å². The van der Waals surface area contributed by atoms with Crippen LogP contribution in [0.5, 0.6) is 0 Å². The number of allylic oxidation sites excluding steroid dienone is 10. The Labute approximate surface area is 745 Å². The van der Waals surface area contributed by atoms with Gasteiger partial charge >= 0.3 is 0 Å². The Kier molecular flexibility index (Phi) is 21.9. The van der Waals surface area contributed by atoms with Crippen molar-refractivity contribution in [2.75, 3.05) is 0 Å². The highest BCUT2D eigenvalue weighted by Gasteiger charge is 2.57. The van der Waals surface area contributed by atoms with Crippen molar-refractivity contribution in [3.63, 3.8) is 0 Å². The van der Waals surface area contributed by atoms with E-state index in [1.165, 1.54) is 72.6 Å². The van der Waals surface area contributed by atoms with E-state index in [2.05, 4.69) is 253 Å². The van der Waals surface area contributed by atoms with Gasteiger partial charge in [-0.05, 0) is 147 Å². The Hall–Kier alpha value is -11.5. The molecule has 0 amide bonds. The van der Waals surface area contributed by atoms with E-state index in [4.69, 9.17) is 0 Å². The summed E-state index contributed by atoms with van der Waals surface area (Å²) < 4.78 is 27.4. The van der Waals surface area contributed by atoms with Gasteiger partial charge < -0.3 is 0 Å². The molecule has 16 nitrogen and oxygen atoms in total. The first kappa shape index (κ1) is 87.6. The molecule has 5 aromatic heterocycles. The molecule has 0 aliphatic heterocycles. The molecule has 5 aromatic carbocycles. The molecular weight excluding hydrogens is 1580 g/mol. The average Bonchev–Trinajstić information content (AvgIpc) is 1.70. The summed E-state index contributed by atoms with van der Waals surface area (Å²) in [6.45, 7) is 36.7. The number of benzene rings is 5. The number of aryl methyl sites for hydroxylation is 2. The van der Waals surface area contributed by atoms with Crippen LogP contribution in [0, 0.1) is 52.3 Å². The highest BCUT2D eigenvalue weighted by atomic mass is 19.3. The second-order valence-corrected chi connectivity index (χ2v) is 43.0. The van der Waals surface area contributed by atoms with Crippen LogP contribution in [0.25, 0.3) is 0 Å². The molecule has 10 aromatic rings. The minimum absolute atomic E-state index is 0.0111. The summed E-state index contributed by atoms with van der Waals surface area (Å²) in [5, 5.41) is 46.9. The van der Waals surface area contributed by atoms with Crippen molar-refractivity contribution in [1.82, 2.24) is 51.0 Å². The number of halogens is 2. The summed E-state index contributed by atoms with van der Waals surface area (Å²) >= 11 is 0. The standard InChI is InChI=1S/C25H28F2N2O.C21H21N3O.3C21H24N2O/c1-14-6-5-7-17(8-14)24(4)20-15(10-23(2,3)13-19(20)30)9-18-21(24)22(29-28-18)16-11-25(26,27)12-16;1-20(2)9-14-8-17-16(12-23-24-17)21(3,19(14)18(25)10-20)15-6-4-5-13(7-15)11-22;1-13-6-5-7-15(8-13)21(4)16-12-22-23-17(16)9-14-10-20(2,3)11-18(24)19(14)21;2*1-4-21(15-8-6-5-7-9-15)16-13-22-23-17(16)10-14-11-20(2,3)12-18(24)19(14)21/h5-8,16H,9-13H2,1-4H3,(H,28,29);4-7,12H,8-10H2,1-3H3,(H,23,24);5-8,12H,9-11H2,1-4H3,(H,22,23);2*5-9,13H,4,10-12H2,1-3H3,(H,22,23)/t;4*21-/m.1110/s1. The van der Waals surface area contributed by atoms with Gasteiger partial charge in [0.1, 0.15) is 0 Å². The van der Waals surface area contributed by atoms with Crippen LogP contribution < -0.4 is 0 Å². The Morgan fingerprint density at radius 3 is 1.02 bits per heavy atom. The van der Waals surface area contributed by atoms with Crippen LogP contribution >= 0.6 is 0 Å². The lowest BCUT2D eigenvalue weighted by atomic mass is 9.57. The second-order valence-electron chi connectivity index (χ2n) is 43.0. The van der Waals surface area contributed by atoms with Crippen molar-refractivity contribution in [2.24, 2.45) is 27.1 Å². The van der Waals surface area contributed by atoms with Gasteiger partial charge in [0.2, 0.25) is 5.92 Å². The van der Waals surface area contributed by atoms with E-state index in [9.17, 15) is 38.0 Å². The number of nitriles is 1. The number of nitrogens with zero attached hydrogens (tertiary/aromatic N) is 6. The van der Waals surface area contributed by atoms with Crippen molar-refractivity contribution in [3.05, 3.63) is 320 Å². The molecule has 11 aliphatic rings. The van der Waals surface area contributed by atoms with E-state index in [1.807, 2.05) is 74.2 Å². The van der Waals surface area contributed by atoms with Gasteiger partial charge in [0.15, 0.2) is 28.9 Å². The molecular formula is C109H121F2N11O5. The molecule has 127 heavy (non-hydrogen) atoms. The van der Waals surface area contributed by atoms with Crippen LogP contribution in [0.1, 0.15) is 306 Å². The SMILES string of the molecule is CC1(C)CC(=O)C2=C(Cc3[nH]ncc3[C@@]2(C)c2cccc(C#N)c2)C1.CC[C@@]1(c2ccccc2)C2=C(Cc3[nH]ncc31)CC(C)(C)CC2=O.CC[C@]1(c2ccccc2)C2=C(Cc3[nH]ncc31)CC(C)(C)CC2=O.Cc1cccc(C2(C)C3=C(Cc4[nH]nc(C5CC(F)(F)C5)c42)CC(C)(C)CC3=O)c1.Cc1cccc([C@@]2(C)C3=C(Cc4[nH]ncc42)CC(C)(C)CC3=O)c1. The molecule has 1 fully saturated rings. The van der Waals surface area contributed by atoms with Gasteiger partial charge in [0.25, 0.3) is 0 Å². The largest absolute Gasteiger partial charge is 0.294 e. The molecule has 1 unspecified atom stereocenters. The fourth-order valence-electron chi connectivity index (χ4n) is 25.2. The van der Waals surface area contributed by atoms with Crippen molar-refractivity contribution in [3.8, 4) is 6.07 Å². The zero-order chi connectivity index (χ0) is 90.3. The molecule has 21 rings (SSSR count). The Balaban J connectivity index is 0.000000112. The smallest absolute Gasteiger partial charge is 0.249 e. The lowest BCUT2D eigenvalue weighted by Crippen LogP contribution is -2.42. The van der Waals surface area contributed by atoms with Crippen molar-refractivity contribution >= 4 is 28.9 Å². The first-order chi connectivity index (χ1) is 60.1. The monoisotopic (exact) mass is 1700 g/mol. The molecule has 5 heterocycles. The van der Waals surface area contributed by atoms with E-state index >= 15 is 0 Å². The van der Waals surface area contributed by atoms with Gasteiger partial charge in [-0.3, -0.25) is 49.5 Å². The number of rotatable bonds is 8. The van der Waals surface area contributed by atoms with E-state index in [-0.39, 0.29) is 68.2 Å². The topological polar surface area (TPSA) is 253 Å². The second kappa shape index (κ2) is 31.8. The predicted molar refractivity (Wildman–Crippen MR) is 492 cm³/mol. The molecule has 0 saturated heterocycles. The fourth-order valence-corrected chi connectivity index (χ4v) is 25.2. The number of hydrogen-bond acceptors (Lipinski definition) is 11. The van der Waals surface area contributed by atoms with E-state index in [0.717, 1.165) is 155 Å². The third kappa shape index (κ3) is 15.1. The van der Waals surface area contributed by atoms with Gasteiger partial charge in [0.05, 0.1) is 52.9 Å². The van der Waals surface area contributed by atoms with Crippen molar-refractivity contribution < 1.29 is 32.8 Å². The number of H-pyrrole nitrogens is 5. The first-order valence-electron chi connectivity index (χ1n) is 45.7. The predicted octanol–water partition coefficient (Wildman–Crippen LogP) is 22.6. The summed E-state index contributed by atoms with van der Waals surface area (Å²) in [5.41, 5.74) is 29.2. The highest BCUT2D eigenvalue weighted by Crippen LogP contribution is 2.61. The summed E-state index contributed by atoms with van der Waals surface area (Å²) in [4.78, 5) is 66.3. The van der Waals surface area contributed by atoms with Gasteiger partial charge in [-0.2, -0.15) is 30.8 Å². The van der Waals surface area contributed by atoms with Crippen molar-refractivity contribution in [1.29, 1.82) is 5.26 Å². The molecule has 1 saturated carbocycles. The molecule has 5 atom stereocenters. The molecule has 5 N–H and O–H groups in total. The number of alkyl halides is 2. The van der Waals surface area contributed by atoms with E-state index in [1.54, 1.807) is 6.07 Å². The van der Waals surface area contributed by atoms with E-state index < -0.39 is 22.2 Å². The number of carbonyl (C=O) groups excluding carboxylic acids is 5. The van der Waals surface area contributed by atoms with Crippen LogP contribution in [0.3, 0.4) is 0 Å². The number of hydrogen-bond donors (Lipinski definition) is 5. The Morgan fingerprint density at radius 1 is 0.362 bits per heavy atom. The quantitative estimate of drug-likeness (QED) is 0.0956. The number of fused-ring (bicyclic) bond motifs is 5. The molecule has 656 valence electrons. The molecule has 0 spiro atoms.